The average molecular weight is 408 g/mol. The lowest BCUT2D eigenvalue weighted by molar-refractivity contribution is -0.126. The molecule has 0 spiro atoms. The molecule has 28 heavy (non-hydrogen) atoms. The second-order valence-electron chi connectivity index (χ2n) is 8.40. The molecule has 5 nitrogen and oxygen atoms in total. The first kappa shape index (κ1) is 21.6. The SMILES string of the molecule is CC(C)CN1CCC(C(=O)NC[C@H](c2ccccc2Cl)N2CCOCC2)CC1. The Morgan fingerprint density at radius 2 is 1.86 bits per heavy atom. The number of nitrogens with one attached hydrogen (secondary N) is 1. The molecule has 1 aromatic rings. The second-order valence-corrected chi connectivity index (χ2v) is 8.81. The number of piperidine rings is 1. The highest BCUT2D eigenvalue weighted by Gasteiger charge is 2.28. The van der Waals surface area contributed by atoms with Crippen LogP contribution in [0.3, 0.4) is 0 Å². The highest BCUT2D eigenvalue weighted by molar-refractivity contribution is 6.31. The van der Waals surface area contributed by atoms with E-state index in [4.69, 9.17) is 16.3 Å². The maximum atomic E-state index is 12.8. The molecule has 2 aliphatic rings. The Hall–Kier alpha value is -1.14. The van der Waals surface area contributed by atoms with Gasteiger partial charge >= 0.3 is 0 Å². The molecule has 0 aliphatic carbocycles. The lowest BCUT2D eigenvalue weighted by atomic mass is 9.95. The molecular weight excluding hydrogens is 374 g/mol. The van der Waals surface area contributed by atoms with Crippen LogP contribution in [-0.4, -0.2) is 68.2 Å². The highest BCUT2D eigenvalue weighted by Crippen LogP contribution is 2.28. The van der Waals surface area contributed by atoms with E-state index in [0.717, 1.165) is 69.4 Å². The number of morpholine rings is 1. The monoisotopic (exact) mass is 407 g/mol. The highest BCUT2D eigenvalue weighted by atomic mass is 35.5. The minimum atomic E-state index is 0.0857. The average Bonchev–Trinajstić information content (AvgIpc) is 2.70. The van der Waals surface area contributed by atoms with E-state index in [0.29, 0.717) is 12.5 Å². The molecule has 2 heterocycles. The number of hydrogen-bond donors (Lipinski definition) is 1. The normalized spacial score (nSPS) is 21.0. The number of rotatable bonds is 7. The number of likely N-dealkylation sites (tertiary alicyclic amines) is 1. The Labute approximate surface area is 174 Å². The van der Waals surface area contributed by atoms with Gasteiger partial charge in [-0.3, -0.25) is 9.69 Å². The summed E-state index contributed by atoms with van der Waals surface area (Å²) in [5, 5.41) is 3.99. The number of hydrogen-bond acceptors (Lipinski definition) is 4. The van der Waals surface area contributed by atoms with Crippen molar-refractivity contribution < 1.29 is 9.53 Å². The van der Waals surface area contributed by atoms with E-state index in [1.807, 2.05) is 18.2 Å². The van der Waals surface area contributed by atoms with Crippen molar-refractivity contribution in [3.8, 4) is 0 Å². The van der Waals surface area contributed by atoms with Crippen molar-refractivity contribution >= 4 is 17.5 Å². The molecule has 0 radical (unpaired) electrons. The summed E-state index contributed by atoms with van der Waals surface area (Å²) in [5.41, 5.74) is 1.08. The van der Waals surface area contributed by atoms with Crippen LogP contribution in [0.4, 0.5) is 0 Å². The lowest BCUT2D eigenvalue weighted by Gasteiger charge is -2.36. The largest absolute Gasteiger partial charge is 0.379 e. The summed E-state index contributed by atoms with van der Waals surface area (Å²) in [6.07, 6.45) is 1.90. The molecule has 1 N–H and O–H groups in total. The molecule has 2 saturated heterocycles. The number of halogens is 1. The van der Waals surface area contributed by atoms with Crippen LogP contribution in [0.5, 0.6) is 0 Å². The number of nitrogens with zero attached hydrogens (tertiary/aromatic N) is 2. The molecule has 2 fully saturated rings. The van der Waals surface area contributed by atoms with E-state index in [2.05, 4.69) is 35.0 Å². The molecule has 156 valence electrons. The van der Waals surface area contributed by atoms with Crippen molar-refractivity contribution in [1.29, 1.82) is 0 Å². The van der Waals surface area contributed by atoms with E-state index in [1.165, 1.54) is 0 Å². The zero-order valence-corrected chi connectivity index (χ0v) is 18.0. The van der Waals surface area contributed by atoms with Crippen molar-refractivity contribution in [2.45, 2.75) is 32.7 Å². The van der Waals surface area contributed by atoms with Gasteiger partial charge in [-0.2, -0.15) is 0 Å². The predicted octanol–water partition coefficient (Wildman–Crippen LogP) is 3.20. The van der Waals surface area contributed by atoms with Crippen molar-refractivity contribution in [2.75, 3.05) is 52.5 Å². The van der Waals surface area contributed by atoms with Gasteiger partial charge in [-0.1, -0.05) is 43.6 Å². The van der Waals surface area contributed by atoms with Crippen molar-refractivity contribution in [3.63, 3.8) is 0 Å². The van der Waals surface area contributed by atoms with Gasteiger partial charge in [0.1, 0.15) is 0 Å². The van der Waals surface area contributed by atoms with Gasteiger partial charge in [0.2, 0.25) is 5.91 Å². The summed E-state index contributed by atoms with van der Waals surface area (Å²) in [7, 11) is 0. The van der Waals surface area contributed by atoms with Crippen LogP contribution in [0, 0.1) is 11.8 Å². The van der Waals surface area contributed by atoms with Gasteiger partial charge in [-0.15, -0.1) is 0 Å². The van der Waals surface area contributed by atoms with Crippen LogP contribution in [0.25, 0.3) is 0 Å². The fourth-order valence-electron chi connectivity index (χ4n) is 4.31. The van der Waals surface area contributed by atoms with E-state index in [-0.39, 0.29) is 17.9 Å². The standard InChI is InChI=1S/C22H34ClN3O2/c1-17(2)16-25-9-7-18(8-10-25)22(27)24-15-21(26-11-13-28-14-12-26)19-5-3-4-6-20(19)23/h3-6,17-18,21H,7-16H2,1-2H3,(H,24,27)/t21-/m1/s1. The Morgan fingerprint density at radius 1 is 1.18 bits per heavy atom. The molecule has 1 amide bonds. The van der Waals surface area contributed by atoms with Crippen LogP contribution in [0.1, 0.15) is 38.3 Å². The van der Waals surface area contributed by atoms with Crippen LogP contribution < -0.4 is 5.32 Å². The summed E-state index contributed by atoms with van der Waals surface area (Å²) in [4.78, 5) is 17.7. The summed E-state index contributed by atoms with van der Waals surface area (Å²) < 4.78 is 5.51. The van der Waals surface area contributed by atoms with Crippen molar-refractivity contribution in [1.82, 2.24) is 15.1 Å². The zero-order chi connectivity index (χ0) is 19.9. The maximum absolute atomic E-state index is 12.8. The van der Waals surface area contributed by atoms with Gasteiger partial charge in [0.05, 0.1) is 19.3 Å². The molecule has 1 aromatic carbocycles. The van der Waals surface area contributed by atoms with E-state index < -0.39 is 0 Å². The topological polar surface area (TPSA) is 44.8 Å². The predicted molar refractivity (Wildman–Crippen MR) is 114 cm³/mol. The molecule has 0 unspecified atom stereocenters. The molecule has 3 rings (SSSR count). The number of carbonyl (C=O) groups excluding carboxylic acids is 1. The summed E-state index contributed by atoms with van der Waals surface area (Å²) >= 11 is 6.48. The van der Waals surface area contributed by atoms with Crippen LogP contribution in [0.15, 0.2) is 24.3 Å². The number of carbonyl (C=O) groups is 1. The van der Waals surface area contributed by atoms with Gasteiger partial charge in [0.25, 0.3) is 0 Å². The van der Waals surface area contributed by atoms with E-state index in [9.17, 15) is 4.79 Å². The number of amides is 1. The third kappa shape index (κ3) is 5.93. The van der Waals surface area contributed by atoms with Crippen molar-refractivity contribution in [3.05, 3.63) is 34.9 Å². The van der Waals surface area contributed by atoms with E-state index >= 15 is 0 Å². The molecule has 1 atom stereocenters. The first-order valence-electron chi connectivity index (χ1n) is 10.6. The minimum absolute atomic E-state index is 0.0857. The van der Waals surface area contributed by atoms with Crippen LogP contribution in [0.2, 0.25) is 5.02 Å². The third-order valence-electron chi connectivity index (χ3n) is 5.80. The number of benzene rings is 1. The van der Waals surface area contributed by atoms with Crippen LogP contribution >= 0.6 is 11.6 Å². The fourth-order valence-corrected chi connectivity index (χ4v) is 4.57. The van der Waals surface area contributed by atoms with Crippen molar-refractivity contribution in [2.24, 2.45) is 11.8 Å². The quantitative estimate of drug-likeness (QED) is 0.753. The van der Waals surface area contributed by atoms with E-state index in [1.54, 1.807) is 0 Å². The van der Waals surface area contributed by atoms with Gasteiger partial charge in [0.15, 0.2) is 0 Å². The Morgan fingerprint density at radius 3 is 2.50 bits per heavy atom. The summed E-state index contributed by atoms with van der Waals surface area (Å²) in [5.74, 6) is 0.991. The zero-order valence-electron chi connectivity index (χ0n) is 17.2. The molecular formula is C22H34ClN3O2. The lowest BCUT2D eigenvalue weighted by Crippen LogP contribution is -2.46. The van der Waals surface area contributed by atoms with Gasteiger partial charge in [-0.05, 0) is 43.5 Å². The number of ether oxygens (including phenoxy) is 1. The smallest absolute Gasteiger partial charge is 0.223 e. The molecule has 0 bridgehead atoms. The first-order valence-corrected chi connectivity index (χ1v) is 11.0. The van der Waals surface area contributed by atoms with Gasteiger partial charge in [-0.25, -0.2) is 0 Å². The van der Waals surface area contributed by atoms with Gasteiger partial charge in [0, 0.05) is 37.1 Å². The third-order valence-corrected chi connectivity index (χ3v) is 6.15. The maximum Gasteiger partial charge on any atom is 0.223 e. The first-order chi connectivity index (χ1) is 13.5. The Kier molecular flexibility index (Phi) is 8.15. The molecule has 6 heteroatoms. The summed E-state index contributed by atoms with van der Waals surface area (Å²) in [6, 6.07) is 8.05. The molecule has 0 saturated carbocycles. The molecule has 0 aromatic heterocycles. The minimum Gasteiger partial charge on any atom is -0.379 e. The van der Waals surface area contributed by atoms with Crippen LogP contribution in [-0.2, 0) is 9.53 Å². The molecule has 2 aliphatic heterocycles. The fraction of sp³-hybridized carbons (Fsp3) is 0.682. The Balaban J connectivity index is 1.57. The summed E-state index contributed by atoms with van der Waals surface area (Å²) in [6.45, 7) is 11.4. The van der Waals surface area contributed by atoms with Gasteiger partial charge < -0.3 is 15.0 Å². The second kappa shape index (κ2) is 10.6. The Bertz CT molecular complexity index is 626.